The highest BCUT2D eigenvalue weighted by Crippen LogP contribution is 2.40. The molecule has 0 amide bonds. The fourth-order valence-electron chi connectivity index (χ4n) is 3.04. The Labute approximate surface area is 179 Å². The zero-order valence-electron chi connectivity index (χ0n) is 16.6. The molecule has 146 valence electrons. The number of carbonyl (C=O) groups excluding carboxylic acids is 1. The Morgan fingerprint density at radius 3 is 2.15 bits per heavy atom. The number of aryl methyl sites for hydroxylation is 3. The summed E-state index contributed by atoms with van der Waals surface area (Å²) >= 11 is 8.36. The van der Waals surface area contributed by atoms with Crippen molar-refractivity contribution in [2.75, 3.05) is 7.11 Å². The van der Waals surface area contributed by atoms with E-state index in [0.29, 0.717) is 33.7 Å². The second-order valence-corrected chi connectivity index (χ2v) is 9.12. The number of ether oxygens (including phenoxy) is 2. The van der Waals surface area contributed by atoms with Crippen molar-refractivity contribution in [3.05, 3.63) is 45.6 Å². The highest BCUT2D eigenvalue weighted by Gasteiger charge is 2.35. The minimum Gasteiger partial charge on any atom is -0.491 e. The van der Waals surface area contributed by atoms with E-state index in [-0.39, 0.29) is 5.78 Å². The maximum atomic E-state index is 13.3. The number of Topliss-reactive ketones (excluding diaryl/α,β-unsaturated/α-hetero) is 1. The van der Waals surface area contributed by atoms with E-state index in [4.69, 9.17) is 21.1 Å². The molecule has 6 heteroatoms. The smallest absolute Gasteiger partial charge is 0.263 e. The number of methoxy groups -OCH3 is 1. The lowest BCUT2D eigenvalue weighted by molar-refractivity contribution is 0.0942. The van der Waals surface area contributed by atoms with Crippen LogP contribution in [0.1, 0.15) is 53.9 Å². The zero-order chi connectivity index (χ0) is 20.4. The van der Waals surface area contributed by atoms with E-state index >= 15 is 0 Å². The molecule has 1 aromatic heterocycles. The summed E-state index contributed by atoms with van der Waals surface area (Å²) in [6.07, 6.45) is 1.47. The van der Waals surface area contributed by atoms with Gasteiger partial charge in [-0.2, -0.15) is 0 Å². The summed E-state index contributed by atoms with van der Waals surface area (Å²) in [6, 6.07) is 5.44. The van der Waals surface area contributed by atoms with Gasteiger partial charge in [-0.05, 0) is 62.9 Å². The Bertz CT molecular complexity index is 840. The molecule has 2 rings (SSSR count). The average Bonchev–Trinajstić information content (AvgIpc) is 2.62. The van der Waals surface area contributed by atoms with Gasteiger partial charge in [0.2, 0.25) is 0 Å². The lowest BCUT2D eigenvalue weighted by Crippen LogP contribution is -2.31. The number of nitrogens with zero attached hydrogens (tertiary/aromatic N) is 1. The minimum absolute atomic E-state index is 0.0323. The fraction of sp³-hybridized carbons (Fsp3) is 0.429. The van der Waals surface area contributed by atoms with Gasteiger partial charge in [-0.3, -0.25) is 4.79 Å². The van der Waals surface area contributed by atoms with E-state index in [0.717, 1.165) is 24.0 Å². The third-order valence-electron chi connectivity index (χ3n) is 4.67. The van der Waals surface area contributed by atoms with E-state index in [9.17, 15) is 4.79 Å². The number of benzene rings is 1. The van der Waals surface area contributed by atoms with Crippen molar-refractivity contribution in [3.8, 4) is 17.4 Å². The quantitative estimate of drug-likeness (QED) is 0.242. The summed E-state index contributed by atoms with van der Waals surface area (Å²) in [5.41, 5.74) is 2.99. The van der Waals surface area contributed by atoms with Crippen LogP contribution in [0.4, 0.5) is 0 Å². The topological polar surface area (TPSA) is 48.4 Å². The molecular formula is C21H25ClINO3. The van der Waals surface area contributed by atoms with Crippen LogP contribution in [0.15, 0.2) is 18.2 Å². The number of rotatable bonds is 7. The molecular weight excluding hydrogens is 477 g/mol. The van der Waals surface area contributed by atoms with Crippen molar-refractivity contribution in [3.63, 3.8) is 0 Å². The van der Waals surface area contributed by atoms with Gasteiger partial charge in [-0.1, -0.05) is 48.0 Å². The predicted molar refractivity (Wildman–Crippen MR) is 118 cm³/mol. The number of hydrogen-bond donors (Lipinski definition) is 0. The number of carbonyl (C=O) groups is 1. The normalized spacial score (nSPS) is 11.4. The Morgan fingerprint density at radius 1 is 1.11 bits per heavy atom. The van der Waals surface area contributed by atoms with Gasteiger partial charge < -0.3 is 9.47 Å². The molecule has 0 aliphatic heterocycles. The van der Waals surface area contributed by atoms with Gasteiger partial charge in [0.25, 0.3) is 5.88 Å². The molecule has 0 N–H and O–H groups in total. The van der Waals surface area contributed by atoms with Gasteiger partial charge in [-0.25, -0.2) is 4.98 Å². The summed E-state index contributed by atoms with van der Waals surface area (Å²) in [5.74, 6) is 1.35. The first kappa shape index (κ1) is 22.0. The van der Waals surface area contributed by atoms with Gasteiger partial charge in [0.05, 0.1) is 16.1 Å². The monoisotopic (exact) mass is 501 g/mol. The summed E-state index contributed by atoms with van der Waals surface area (Å²) in [4.78, 5) is 17.7. The summed E-state index contributed by atoms with van der Waals surface area (Å²) in [6.45, 7) is 9.73. The highest BCUT2D eigenvalue weighted by molar-refractivity contribution is 14.1. The van der Waals surface area contributed by atoms with E-state index in [1.165, 1.54) is 7.11 Å². The molecule has 4 nitrogen and oxygen atoms in total. The molecule has 0 bridgehead atoms. The Morgan fingerprint density at radius 2 is 1.67 bits per heavy atom. The van der Waals surface area contributed by atoms with Crippen molar-refractivity contribution >= 4 is 40.0 Å². The van der Waals surface area contributed by atoms with Gasteiger partial charge in [-0.15, -0.1) is 0 Å². The molecule has 0 spiro atoms. The van der Waals surface area contributed by atoms with E-state index in [1.54, 1.807) is 6.07 Å². The maximum Gasteiger partial charge on any atom is 0.263 e. The number of halogens is 2. The SMILES string of the molecule is CCC(I)(CC)C(=O)c1cc(C)nc(Oc2c(C)cc(Cl)cc2C)c1OC. The number of alkyl halides is 1. The number of pyridine rings is 1. The Hall–Kier alpha value is -1.34. The van der Waals surface area contributed by atoms with Crippen molar-refractivity contribution in [2.45, 2.75) is 50.9 Å². The van der Waals surface area contributed by atoms with Crippen LogP contribution in [0, 0.1) is 20.8 Å². The third kappa shape index (κ3) is 4.57. The molecule has 1 heterocycles. The first-order chi connectivity index (χ1) is 12.7. The minimum atomic E-state index is -0.484. The van der Waals surface area contributed by atoms with E-state index in [2.05, 4.69) is 27.6 Å². The predicted octanol–water partition coefficient (Wildman–Crippen LogP) is 6.64. The van der Waals surface area contributed by atoms with Gasteiger partial charge in [0.15, 0.2) is 11.5 Å². The Balaban J connectivity index is 2.60. The van der Waals surface area contributed by atoms with E-state index in [1.807, 2.05) is 46.8 Å². The van der Waals surface area contributed by atoms with Gasteiger partial charge in [0, 0.05) is 10.7 Å². The van der Waals surface area contributed by atoms with Crippen LogP contribution >= 0.6 is 34.2 Å². The van der Waals surface area contributed by atoms with Crippen LogP contribution in [-0.4, -0.2) is 21.3 Å². The molecule has 2 aromatic rings. The standard InChI is InChI=1S/C21H25ClINO3/c1-7-21(23,8-2)19(25)16-11-14(5)24-20(18(16)26-6)27-17-12(3)9-15(22)10-13(17)4/h9-11H,7-8H2,1-6H3. The van der Waals surface area contributed by atoms with Crippen molar-refractivity contribution < 1.29 is 14.3 Å². The summed E-state index contributed by atoms with van der Waals surface area (Å²) < 4.78 is 11.2. The lowest BCUT2D eigenvalue weighted by atomic mass is 9.92. The molecule has 27 heavy (non-hydrogen) atoms. The lowest BCUT2D eigenvalue weighted by Gasteiger charge is -2.24. The first-order valence-electron chi connectivity index (χ1n) is 8.90. The van der Waals surface area contributed by atoms with Crippen LogP contribution in [0.5, 0.6) is 17.4 Å². The molecule has 0 aliphatic carbocycles. The molecule has 0 unspecified atom stereocenters. The number of ketones is 1. The summed E-state index contributed by atoms with van der Waals surface area (Å²) in [7, 11) is 1.53. The molecule has 0 saturated carbocycles. The van der Waals surface area contributed by atoms with Crippen molar-refractivity contribution in [1.82, 2.24) is 4.98 Å². The second kappa shape index (κ2) is 8.78. The molecule has 0 atom stereocenters. The van der Waals surface area contributed by atoms with Crippen LogP contribution in [-0.2, 0) is 0 Å². The van der Waals surface area contributed by atoms with Gasteiger partial charge >= 0.3 is 0 Å². The average molecular weight is 502 g/mol. The third-order valence-corrected chi connectivity index (χ3v) is 6.90. The largest absolute Gasteiger partial charge is 0.491 e. The molecule has 0 fully saturated rings. The van der Waals surface area contributed by atoms with Crippen LogP contribution in [0.2, 0.25) is 5.02 Å². The molecule has 0 saturated heterocycles. The van der Waals surface area contributed by atoms with Crippen LogP contribution < -0.4 is 9.47 Å². The first-order valence-corrected chi connectivity index (χ1v) is 10.4. The van der Waals surface area contributed by atoms with Crippen molar-refractivity contribution in [1.29, 1.82) is 0 Å². The second-order valence-electron chi connectivity index (χ2n) is 6.62. The fourth-order valence-corrected chi connectivity index (χ4v) is 3.65. The van der Waals surface area contributed by atoms with Crippen LogP contribution in [0.25, 0.3) is 0 Å². The molecule has 0 aliphatic rings. The van der Waals surface area contributed by atoms with Crippen molar-refractivity contribution in [2.24, 2.45) is 0 Å². The van der Waals surface area contributed by atoms with Crippen LogP contribution in [0.3, 0.4) is 0 Å². The summed E-state index contributed by atoms with van der Waals surface area (Å²) in [5, 5.41) is 0.651. The van der Waals surface area contributed by atoms with Gasteiger partial charge in [0.1, 0.15) is 5.75 Å². The molecule has 1 aromatic carbocycles. The highest BCUT2D eigenvalue weighted by atomic mass is 127. The maximum absolute atomic E-state index is 13.3. The number of aromatic nitrogens is 1. The van der Waals surface area contributed by atoms with E-state index < -0.39 is 3.42 Å². The zero-order valence-corrected chi connectivity index (χ0v) is 19.5. The molecule has 0 radical (unpaired) electrons. The Kier molecular flexibility index (Phi) is 7.14. The number of hydrogen-bond acceptors (Lipinski definition) is 4.